The van der Waals surface area contributed by atoms with Crippen LogP contribution in [0.2, 0.25) is 0 Å². The molecular formula is C10H13NO3. The van der Waals surface area contributed by atoms with Gasteiger partial charge in [-0.05, 0) is 5.56 Å². The van der Waals surface area contributed by atoms with Gasteiger partial charge in [0.2, 0.25) is 0 Å². The fourth-order valence-electron chi connectivity index (χ4n) is 1.19. The summed E-state index contributed by atoms with van der Waals surface area (Å²) in [5.74, 6) is 0. The third-order valence-electron chi connectivity index (χ3n) is 2.09. The molecule has 0 atom stereocenters. The van der Waals surface area contributed by atoms with E-state index in [-0.39, 0.29) is 12.0 Å². The van der Waals surface area contributed by atoms with Crippen molar-refractivity contribution in [2.45, 2.75) is 19.3 Å². The van der Waals surface area contributed by atoms with Crippen molar-refractivity contribution in [1.29, 1.82) is 0 Å². The van der Waals surface area contributed by atoms with Crippen LogP contribution in [0.25, 0.3) is 0 Å². The van der Waals surface area contributed by atoms with E-state index in [1.165, 1.54) is 0 Å². The summed E-state index contributed by atoms with van der Waals surface area (Å²) in [7, 11) is 0. The molecule has 0 unspecified atom stereocenters. The van der Waals surface area contributed by atoms with Crippen LogP contribution in [0, 0.1) is 10.1 Å². The van der Waals surface area contributed by atoms with Crippen molar-refractivity contribution in [2.75, 3.05) is 6.61 Å². The van der Waals surface area contributed by atoms with Crippen LogP contribution in [-0.2, 0) is 10.3 Å². The average Bonchev–Trinajstić information content (AvgIpc) is 2.16. The molecular weight excluding hydrogens is 182 g/mol. The second-order valence-electron chi connectivity index (χ2n) is 3.75. The van der Waals surface area contributed by atoms with Crippen LogP contribution in [0.4, 0.5) is 0 Å². The highest BCUT2D eigenvalue weighted by Crippen LogP contribution is 2.22. The molecule has 0 aliphatic heterocycles. The maximum absolute atomic E-state index is 10.1. The predicted octanol–water partition coefficient (Wildman–Crippen LogP) is 2.17. The number of hydrogen-bond donors (Lipinski definition) is 0. The minimum Gasteiger partial charge on any atom is -0.313 e. The fraction of sp³-hybridized carbons (Fsp3) is 0.400. The van der Waals surface area contributed by atoms with E-state index in [1.54, 1.807) is 0 Å². The molecule has 4 heteroatoms. The summed E-state index contributed by atoms with van der Waals surface area (Å²) in [4.78, 5) is 14.4. The Hall–Kier alpha value is -1.58. The van der Waals surface area contributed by atoms with Gasteiger partial charge in [0.1, 0.15) is 6.61 Å². The van der Waals surface area contributed by atoms with E-state index in [9.17, 15) is 10.1 Å². The summed E-state index contributed by atoms with van der Waals surface area (Å²) >= 11 is 0. The van der Waals surface area contributed by atoms with Gasteiger partial charge in [-0.15, -0.1) is 10.1 Å². The smallest absolute Gasteiger partial charge is 0.294 e. The minimum absolute atomic E-state index is 0.0734. The van der Waals surface area contributed by atoms with Gasteiger partial charge in [0.15, 0.2) is 0 Å². The Balaban J connectivity index is 2.70. The standard InChI is InChI=1S/C10H13NO3/c1-10(2,8-14-11(12)13)9-6-4-3-5-7-9/h3-7H,8H2,1-2H3. The van der Waals surface area contributed by atoms with E-state index in [0.717, 1.165) is 5.56 Å². The largest absolute Gasteiger partial charge is 0.313 e. The van der Waals surface area contributed by atoms with Crippen molar-refractivity contribution in [2.24, 2.45) is 0 Å². The zero-order valence-electron chi connectivity index (χ0n) is 8.27. The molecule has 14 heavy (non-hydrogen) atoms. The number of rotatable bonds is 4. The summed E-state index contributed by atoms with van der Waals surface area (Å²) in [6.07, 6.45) is 0. The van der Waals surface area contributed by atoms with Crippen LogP contribution in [-0.4, -0.2) is 11.7 Å². The van der Waals surface area contributed by atoms with Crippen LogP contribution < -0.4 is 0 Å². The van der Waals surface area contributed by atoms with Crippen molar-refractivity contribution in [3.63, 3.8) is 0 Å². The van der Waals surface area contributed by atoms with E-state index in [2.05, 4.69) is 4.84 Å². The predicted molar refractivity (Wildman–Crippen MR) is 52.4 cm³/mol. The van der Waals surface area contributed by atoms with E-state index in [1.807, 2.05) is 44.2 Å². The Morgan fingerprint density at radius 1 is 1.36 bits per heavy atom. The van der Waals surface area contributed by atoms with Crippen LogP contribution in [0.15, 0.2) is 30.3 Å². The van der Waals surface area contributed by atoms with Gasteiger partial charge < -0.3 is 4.84 Å². The molecule has 0 amide bonds. The van der Waals surface area contributed by atoms with Crippen LogP contribution >= 0.6 is 0 Å². The van der Waals surface area contributed by atoms with Crippen molar-refractivity contribution in [3.8, 4) is 0 Å². The van der Waals surface area contributed by atoms with E-state index in [4.69, 9.17) is 0 Å². The Bertz CT molecular complexity index is 308. The molecule has 0 aliphatic carbocycles. The molecule has 0 aliphatic rings. The molecule has 0 aromatic heterocycles. The van der Waals surface area contributed by atoms with Gasteiger partial charge in [-0.3, -0.25) is 0 Å². The first-order valence-corrected chi connectivity index (χ1v) is 4.35. The number of hydrogen-bond acceptors (Lipinski definition) is 3. The highest BCUT2D eigenvalue weighted by Gasteiger charge is 2.21. The van der Waals surface area contributed by atoms with Crippen LogP contribution in [0.5, 0.6) is 0 Å². The summed E-state index contributed by atoms with van der Waals surface area (Å²) < 4.78 is 0. The maximum atomic E-state index is 10.1. The molecule has 0 N–H and O–H groups in total. The fourth-order valence-corrected chi connectivity index (χ4v) is 1.19. The molecule has 0 saturated heterocycles. The zero-order chi connectivity index (χ0) is 10.6. The average molecular weight is 195 g/mol. The first-order chi connectivity index (χ1) is 6.52. The minimum atomic E-state index is -0.759. The summed E-state index contributed by atoms with van der Waals surface area (Å²) in [5, 5.41) is 9.30. The van der Waals surface area contributed by atoms with E-state index < -0.39 is 5.09 Å². The van der Waals surface area contributed by atoms with Gasteiger partial charge in [-0.1, -0.05) is 44.2 Å². The summed E-state index contributed by atoms with van der Waals surface area (Å²) in [5.41, 5.74) is 0.691. The quantitative estimate of drug-likeness (QED) is 0.546. The van der Waals surface area contributed by atoms with Gasteiger partial charge in [0, 0.05) is 5.41 Å². The second-order valence-corrected chi connectivity index (χ2v) is 3.75. The lowest BCUT2D eigenvalue weighted by Crippen LogP contribution is -2.25. The highest BCUT2D eigenvalue weighted by molar-refractivity contribution is 5.23. The normalized spacial score (nSPS) is 11.0. The van der Waals surface area contributed by atoms with Gasteiger partial charge >= 0.3 is 0 Å². The van der Waals surface area contributed by atoms with Crippen LogP contribution in [0.1, 0.15) is 19.4 Å². The number of benzene rings is 1. The molecule has 1 rings (SSSR count). The molecule has 1 aromatic rings. The lowest BCUT2D eigenvalue weighted by Gasteiger charge is -2.23. The van der Waals surface area contributed by atoms with Gasteiger partial charge in [0.25, 0.3) is 5.09 Å². The highest BCUT2D eigenvalue weighted by atomic mass is 16.9. The monoisotopic (exact) mass is 195 g/mol. The maximum Gasteiger partial charge on any atom is 0.294 e. The molecule has 0 spiro atoms. The van der Waals surface area contributed by atoms with Crippen molar-refractivity contribution < 1.29 is 9.92 Å². The third kappa shape index (κ3) is 2.73. The Morgan fingerprint density at radius 2 is 1.93 bits per heavy atom. The molecule has 0 heterocycles. The second kappa shape index (κ2) is 4.09. The summed E-state index contributed by atoms with van der Waals surface area (Å²) in [6, 6.07) is 9.59. The van der Waals surface area contributed by atoms with Gasteiger partial charge in [0.05, 0.1) is 0 Å². The lowest BCUT2D eigenvalue weighted by atomic mass is 9.86. The van der Waals surface area contributed by atoms with E-state index >= 15 is 0 Å². The third-order valence-corrected chi connectivity index (χ3v) is 2.09. The molecule has 1 aromatic carbocycles. The Kier molecular flexibility index (Phi) is 3.06. The first-order valence-electron chi connectivity index (χ1n) is 4.35. The molecule has 4 nitrogen and oxygen atoms in total. The molecule has 0 radical (unpaired) electrons. The molecule has 0 fully saturated rings. The zero-order valence-corrected chi connectivity index (χ0v) is 8.27. The molecule has 0 bridgehead atoms. The first kappa shape index (κ1) is 10.5. The van der Waals surface area contributed by atoms with Crippen molar-refractivity contribution in [3.05, 3.63) is 46.0 Å². The Labute approximate surface area is 82.6 Å². The van der Waals surface area contributed by atoms with Gasteiger partial charge in [-0.2, -0.15) is 0 Å². The lowest BCUT2D eigenvalue weighted by molar-refractivity contribution is -0.759. The Morgan fingerprint density at radius 3 is 2.43 bits per heavy atom. The van der Waals surface area contributed by atoms with Crippen molar-refractivity contribution in [1.82, 2.24) is 0 Å². The van der Waals surface area contributed by atoms with Crippen molar-refractivity contribution >= 4 is 0 Å². The topological polar surface area (TPSA) is 52.4 Å². The van der Waals surface area contributed by atoms with Gasteiger partial charge in [-0.25, -0.2) is 0 Å². The van der Waals surface area contributed by atoms with Crippen LogP contribution in [0.3, 0.4) is 0 Å². The SMILES string of the molecule is CC(C)(CO[N+](=O)[O-])c1ccccc1. The van der Waals surface area contributed by atoms with E-state index in [0.29, 0.717) is 0 Å². The number of nitrogens with zero attached hydrogens (tertiary/aromatic N) is 1. The summed E-state index contributed by atoms with van der Waals surface area (Å²) in [6.45, 7) is 3.89. The molecule has 76 valence electrons. The molecule has 0 saturated carbocycles.